The molecule has 0 aliphatic carbocycles. The summed E-state index contributed by atoms with van der Waals surface area (Å²) >= 11 is 0. The smallest absolute Gasteiger partial charge is 0.349 e. The summed E-state index contributed by atoms with van der Waals surface area (Å²) in [5.74, 6) is -0.435. The maximum absolute atomic E-state index is 12.7. The van der Waals surface area contributed by atoms with Gasteiger partial charge in [0.2, 0.25) is 0 Å². The minimum absolute atomic E-state index is 0.0528. The van der Waals surface area contributed by atoms with Crippen molar-refractivity contribution in [2.45, 2.75) is 45.3 Å². The molecule has 6 heteroatoms. The lowest BCUT2D eigenvalue weighted by atomic mass is 9.78. The molecule has 1 aromatic carbocycles. The lowest BCUT2D eigenvalue weighted by molar-refractivity contribution is -0.141. The standard InChI is InChI=1S/C19H21F3N2O/c1-12-15(10-11-16(23-12)19(20,21)22)17(25)24-13(2)18(3,4)14-8-6-5-7-9-14/h5-11,13H,1-4H3,(H,24,25)/t13-/m0/s1. The quantitative estimate of drug-likeness (QED) is 0.882. The number of carbonyl (C=O) groups is 1. The van der Waals surface area contributed by atoms with Gasteiger partial charge >= 0.3 is 6.18 Å². The molecule has 1 amide bonds. The van der Waals surface area contributed by atoms with Crippen LogP contribution < -0.4 is 5.32 Å². The van der Waals surface area contributed by atoms with Gasteiger partial charge in [0.1, 0.15) is 5.69 Å². The summed E-state index contributed by atoms with van der Waals surface area (Å²) in [6.07, 6.45) is -4.53. The molecular weight excluding hydrogens is 329 g/mol. The Balaban J connectivity index is 2.19. The van der Waals surface area contributed by atoms with E-state index in [2.05, 4.69) is 10.3 Å². The van der Waals surface area contributed by atoms with Gasteiger partial charge in [0.15, 0.2) is 0 Å². The zero-order chi connectivity index (χ0) is 18.8. The fraction of sp³-hybridized carbons (Fsp3) is 0.368. The Bertz CT molecular complexity index is 755. The van der Waals surface area contributed by atoms with E-state index < -0.39 is 17.8 Å². The van der Waals surface area contributed by atoms with Crippen LogP contribution in [0.3, 0.4) is 0 Å². The molecule has 134 valence electrons. The second-order valence-corrected chi connectivity index (χ2v) is 6.61. The van der Waals surface area contributed by atoms with Crippen LogP contribution in [-0.2, 0) is 11.6 Å². The molecule has 3 nitrogen and oxygen atoms in total. The Morgan fingerprint density at radius 3 is 2.20 bits per heavy atom. The van der Waals surface area contributed by atoms with E-state index >= 15 is 0 Å². The van der Waals surface area contributed by atoms with E-state index in [0.29, 0.717) is 0 Å². The molecule has 1 atom stereocenters. The third-order valence-corrected chi connectivity index (χ3v) is 4.57. The highest BCUT2D eigenvalue weighted by atomic mass is 19.4. The summed E-state index contributed by atoms with van der Waals surface area (Å²) in [6, 6.07) is 11.5. The molecule has 0 saturated heterocycles. The molecule has 25 heavy (non-hydrogen) atoms. The highest BCUT2D eigenvalue weighted by Gasteiger charge is 2.34. The van der Waals surface area contributed by atoms with Crippen molar-refractivity contribution in [1.29, 1.82) is 0 Å². The lowest BCUT2D eigenvalue weighted by Gasteiger charge is -2.33. The summed E-state index contributed by atoms with van der Waals surface area (Å²) in [7, 11) is 0. The van der Waals surface area contributed by atoms with Gasteiger partial charge in [-0.2, -0.15) is 13.2 Å². The third kappa shape index (κ3) is 4.18. The van der Waals surface area contributed by atoms with Crippen molar-refractivity contribution in [2.75, 3.05) is 0 Å². The molecule has 2 rings (SSSR count). The van der Waals surface area contributed by atoms with Crippen molar-refractivity contribution < 1.29 is 18.0 Å². The SMILES string of the molecule is Cc1nc(C(F)(F)F)ccc1C(=O)N[C@@H](C)C(C)(C)c1ccccc1. The van der Waals surface area contributed by atoms with Crippen molar-refractivity contribution in [2.24, 2.45) is 0 Å². The molecule has 1 heterocycles. The van der Waals surface area contributed by atoms with E-state index in [1.54, 1.807) is 0 Å². The first-order chi connectivity index (χ1) is 11.5. The number of rotatable bonds is 4. The Morgan fingerprint density at radius 1 is 1.08 bits per heavy atom. The predicted molar refractivity (Wildman–Crippen MR) is 90.4 cm³/mol. The number of aryl methyl sites for hydroxylation is 1. The second-order valence-electron chi connectivity index (χ2n) is 6.61. The number of hydrogen-bond acceptors (Lipinski definition) is 2. The number of alkyl halides is 3. The molecular formula is C19H21F3N2O. The monoisotopic (exact) mass is 350 g/mol. The molecule has 1 N–H and O–H groups in total. The number of aromatic nitrogens is 1. The highest BCUT2D eigenvalue weighted by molar-refractivity contribution is 5.95. The van der Waals surface area contributed by atoms with E-state index in [-0.39, 0.29) is 22.7 Å². The summed E-state index contributed by atoms with van der Waals surface area (Å²) in [4.78, 5) is 16.0. The van der Waals surface area contributed by atoms with Crippen LogP contribution in [0.5, 0.6) is 0 Å². The van der Waals surface area contributed by atoms with Gasteiger partial charge < -0.3 is 5.32 Å². The predicted octanol–water partition coefficient (Wildman–Crippen LogP) is 4.50. The first-order valence-corrected chi connectivity index (χ1v) is 7.94. The molecule has 0 spiro atoms. The van der Waals surface area contributed by atoms with Gasteiger partial charge in [0.25, 0.3) is 5.91 Å². The number of hydrogen-bond donors (Lipinski definition) is 1. The van der Waals surface area contributed by atoms with Gasteiger partial charge in [-0.1, -0.05) is 44.2 Å². The Labute approximate surface area is 145 Å². The lowest BCUT2D eigenvalue weighted by Crippen LogP contribution is -2.45. The van der Waals surface area contributed by atoms with E-state index in [9.17, 15) is 18.0 Å². The Morgan fingerprint density at radius 2 is 1.68 bits per heavy atom. The zero-order valence-corrected chi connectivity index (χ0v) is 14.6. The fourth-order valence-electron chi connectivity index (χ4n) is 2.53. The van der Waals surface area contributed by atoms with Crippen LogP contribution in [0.15, 0.2) is 42.5 Å². The number of pyridine rings is 1. The minimum Gasteiger partial charge on any atom is -0.349 e. The van der Waals surface area contributed by atoms with Crippen LogP contribution >= 0.6 is 0 Å². The van der Waals surface area contributed by atoms with Crippen molar-refractivity contribution in [3.63, 3.8) is 0 Å². The molecule has 0 unspecified atom stereocenters. The van der Waals surface area contributed by atoms with Crippen molar-refractivity contribution >= 4 is 5.91 Å². The number of amides is 1. The maximum Gasteiger partial charge on any atom is 0.433 e. The van der Waals surface area contributed by atoms with Crippen LogP contribution in [0, 0.1) is 6.92 Å². The highest BCUT2D eigenvalue weighted by Crippen LogP contribution is 2.29. The third-order valence-electron chi connectivity index (χ3n) is 4.57. The Kier molecular flexibility index (Phi) is 5.20. The second kappa shape index (κ2) is 6.86. The average molecular weight is 350 g/mol. The van der Waals surface area contributed by atoms with E-state index in [1.165, 1.54) is 13.0 Å². The van der Waals surface area contributed by atoms with Crippen molar-refractivity contribution in [3.05, 3.63) is 65.0 Å². The van der Waals surface area contributed by atoms with Gasteiger partial charge in [-0.15, -0.1) is 0 Å². The van der Waals surface area contributed by atoms with Gasteiger partial charge in [-0.25, -0.2) is 4.98 Å². The normalized spacial score (nSPS) is 13.4. The Hall–Kier alpha value is -2.37. The first-order valence-electron chi connectivity index (χ1n) is 7.94. The van der Waals surface area contributed by atoms with Crippen LogP contribution in [0.1, 0.15) is 48.1 Å². The largest absolute Gasteiger partial charge is 0.433 e. The van der Waals surface area contributed by atoms with Crippen molar-refractivity contribution in [1.82, 2.24) is 10.3 Å². The number of halogens is 3. The first kappa shape index (κ1) is 19.0. The molecule has 0 saturated carbocycles. The van der Waals surface area contributed by atoms with Crippen LogP contribution in [-0.4, -0.2) is 16.9 Å². The zero-order valence-electron chi connectivity index (χ0n) is 14.6. The summed E-state index contributed by atoms with van der Waals surface area (Å²) in [5.41, 5.74) is -0.0884. The molecule has 0 aliphatic rings. The minimum atomic E-state index is -4.53. The number of benzene rings is 1. The molecule has 1 aromatic heterocycles. The van der Waals surface area contributed by atoms with E-state index in [4.69, 9.17) is 0 Å². The van der Waals surface area contributed by atoms with Gasteiger partial charge in [-0.3, -0.25) is 4.79 Å². The average Bonchev–Trinajstić information content (AvgIpc) is 2.54. The molecule has 0 aliphatic heterocycles. The van der Waals surface area contributed by atoms with Gasteiger partial charge in [-0.05, 0) is 31.5 Å². The van der Waals surface area contributed by atoms with E-state index in [0.717, 1.165) is 11.6 Å². The van der Waals surface area contributed by atoms with E-state index in [1.807, 2.05) is 51.1 Å². The topological polar surface area (TPSA) is 42.0 Å². The molecule has 0 fully saturated rings. The number of carbonyl (C=O) groups excluding carboxylic acids is 1. The van der Waals surface area contributed by atoms with Crippen LogP contribution in [0.2, 0.25) is 0 Å². The number of nitrogens with zero attached hydrogens (tertiary/aromatic N) is 1. The molecule has 0 radical (unpaired) electrons. The van der Waals surface area contributed by atoms with Gasteiger partial charge in [0, 0.05) is 11.5 Å². The molecule has 0 bridgehead atoms. The van der Waals surface area contributed by atoms with Gasteiger partial charge in [0.05, 0.1) is 11.3 Å². The van der Waals surface area contributed by atoms with Crippen LogP contribution in [0.4, 0.5) is 13.2 Å². The fourth-order valence-corrected chi connectivity index (χ4v) is 2.53. The summed E-state index contributed by atoms with van der Waals surface area (Å²) in [5, 5.41) is 2.87. The molecule has 2 aromatic rings. The summed E-state index contributed by atoms with van der Waals surface area (Å²) < 4.78 is 38.1. The van der Waals surface area contributed by atoms with Crippen LogP contribution in [0.25, 0.3) is 0 Å². The number of nitrogens with one attached hydrogen (secondary N) is 1. The van der Waals surface area contributed by atoms with Crippen molar-refractivity contribution in [3.8, 4) is 0 Å². The summed E-state index contributed by atoms with van der Waals surface area (Å²) in [6.45, 7) is 7.28. The maximum atomic E-state index is 12.7.